The molecule has 0 fully saturated rings. The van der Waals surface area contributed by atoms with Gasteiger partial charge in [0.2, 0.25) is 0 Å². The number of rotatable bonds is 5. The van der Waals surface area contributed by atoms with E-state index in [0.717, 1.165) is 29.1 Å². The Labute approximate surface area is 131 Å². The molecule has 0 saturated heterocycles. The molecule has 3 nitrogen and oxygen atoms in total. The second-order valence-corrected chi connectivity index (χ2v) is 5.46. The maximum atomic E-state index is 5.94. The summed E-state index contributed by atoms with van der Waals surface area (Å²) in [6.07, 6.45) is 1.68. The van der Waals surface area contributed by atoms with Crippen molar-refractivity contribution in [3.63, 3.8) is 0 Å². The molecule has 2 rings (SSSR count). The highest BCUT2D eigenvalue weighted by Crippen LogP contribution is 2.33. The molecule has 0 aliphatic rings. The number of ether oxygens (including phenoxy) is 1. The van der Waals surface area contributed by atoms with Crippen LogP contribution in [0.2, 0.25) is 5.02 Å². The molecule has 1 unspecified atom stereocenters. The van der Waals surface area contributed by atoms with Crippen LogP contribution < -0.4 is 10.1 Å². The topological polar surface area (TPSA) is 34.2 Å². The second kappa shape index (κ2) is 6.92. The summed E-state index contributed by atoms with van der Waals surface area (Å²) in [7, 11) is 1.71. The summed E-state index contributed by atoms with van der Waals surface area (Å²) in [5.74, 6) is 0.915. The molecule has 0 aliphatic heterocycles. The van der Waals surface area contributed by atoms with Crippen LogP contribution in [0, 0.1) is 13.8 Å². The molecule has 2 aromatic rings. The highest BCUT2D eigenvalue weighted by Gasteiger charge is 2.20. The van der Waals surface area contributed by atoms with Gasteiger partial charge in [0, 0.05) is 11.8 Å². The second-order valence-electron chi connectivity index (χ2n) is 5.02. The van der Waals surface area contributed by atoms with E-state index in [4.69, 9.17) is 16.3 Å². The molecule has 0 bridgehead atoms. The van der Waals surface area contributed by atoms with Gasteiger partial charge in [-0.25, -0.2) is 0 Å². The third-order valence-electron chi connectivity index (χ3n) is 3.68. The van der Waals surface area contributed by atoms with Gasteiger partial charge >= 0.3 is 0 Å². The van der Waals surface area contributed by atoms with E-state index >= 15 is 0 Å². The zero-order valence-electron chi connectivity index (χ0n) is 12.9. The number of pyridine rings is 1. The number of nitrogens with zero attached hydrogens (tertiary/aromatic N) is 1. The van der Waals surface area contributed by atoms with Gasteiger partial charge in [0.25, 0.3) is 0 Å². The SMILES string of the molecule is CCNC(c1ccc(Cl)cn1)c1ccc(C)c(C)c1OC. The van der Waals surface area contributed by atoms with Crippen molar-refractivity contribution in [2.45, 2.75) is 26.8 Å². The van der Waals surface area contributed by atoms with E-state index in [1.54, 1.807) is 13.3 Å². The summed E-state index contributed by atoms with van der Waals surface area (Å²) < 4.78 is 5.64. The molecule has 1 heterocycles. The maximum Gasteiger partial charge on any atom is 0.127 e. The molecule has 0 aliphatic carbocycles. The molecule has 1 N–H and O–H groups in total. The molecule has 1 aromatic heterocycles. The van der Waals surface area contributed by atoms with E-state index < -0.39 is 0 Å². The first-order valence-electron chi connectivity index (χ1n) is 7.07. The quantitative estimate of drug-likeness (QED) is 0.904. The average Bonchev–Trinajstić information content (AvgIpc) is 2.49. The fourth-order valence-corrected chi connectivity index (χ4v) is 2.56. The summed E-state index contributed by atoms with van der Waals surface area (Å²) in [6, 6.07) is 8.02. The first-order valence-corrected chi connectivity index (χ1v) is 7.45. The van der Waals surface area contributed by atoms with Crippen molar-refractivity contribution in [1.29, 1.82) is 0 Å². The van der Waals surface area contributed by atoms with Crippen LogP contribution in [-0.2, 0) is 0 Å². The number of aromatic nitrogens is 1. The first kappa shape index (κ1) is 15.8. The predicted molar refractivity (Wildman–Crippen MR) is 87.2 cm³/mol. The molecule has 112 valence electrons. The third-order valence-corrected chi connectivity index (χ3v) is 3.90. The van der Waals surface area contributed by atoms with E-state index in [9.17, 15) is 0 Å². The molecular formula is C17H21ClN2O. The molecule has 1 atom stereocenters. The normalized spacial score (nSPS) is 12.2. The van der Waals surface area contributed by atoms with Crippen LogP contribution in [-0.4, -0.2) is 18.6 Å². The van der Waals surface area contributed by atoms with E-state index in [0.29, 0.717) is 5.02 Å². The first-order chi connectivity index (χ1) is 10.1. The number of hydrogen-bond donors (Lipinski definition) is 1. The molecule has 1 aromatic carbocycles. The van der Waals surface area contributed by atoms with Crippen molar-refractivity contribution in [2.24, 2.45) is 0 Å². The number of hydrogen-bond acceptors (Lipinski definition) is 3. The van der Waals surface area contributed by atoms with Crippen LogP contribution in [0.3, 0.4) is 0 Å². The van der Waals surface area contributed by atoms with Crippen LogP contribution in [0.15, 0.2) is 30.5 Å². The maximum absolute atomic E-state index is 5.94. The van der Waals surface area contributed by atoms with Gasteiger partial charge in [-0.15, -0.1) is 0 Å². The minimum Gasteiger partial charge on any atom is -0.496 e. The van der Waals surface area contributed by atoms with Gasteiger partial charge in [-0.1, -0.05) is 30.7 Å². The monoisotopic (exact) mass is 304 g/mol. The van der Waals surface area contributed by atoms with Gasteiger partial charge in [0.05, 0.1) is 23.9 Å². The Morgan fingerprint density at radius 1 is 1.24 bits per heavy atom. The van der Waals surface area contributed by atoms with E-state index in [-0.39, 0.29) is 6.04 Å². The minimum atomic E-state index is -0.0125. The van der Waals surface area contributed by atoms with Crippen LogP contribution in [0.1, 0.15) is 35.3 Å². The van der Waals surface area contributed by atoms with Gasteiger partial charge in [-0.3, -0.25) is 4.98 Å². The Morgan fingerprint density at radius 2 is 2.00 bits per heavy atom. The van der Waals surface area contributed by atoms with Crippen molar-refractivity contribution in [1.82, 2.24) is 10.3 Å². The van der Waals surface area contributed by atoms with E-state index in [1.807, 2.05) is 12.1 Å². The summed E-state index contributed by atoms with van der Waals surface area (Å²) in [5.41, 5.74) is 4.40. The molecule has 4 heteroatoms. The number of nitrogens with one attached hydrogen (secondary N) is 1. The van der Waals surface area contributed by atoms with Crippen molar-refractivity contribution in [3.8, 4) is 5.75 Å². The Hall–Kier alpha value is -1.58. The molecule has 0 saturated carbocycles. The van der Waals surface area contributed by atoms with Gasteiger partial charge in [-0.2, -0.15) is 0 Å². The molecular weight excluding hydrogens is 284 g/mol. The van der Waals surface area contributed by atoms with Crippen molar-refractivity contribution >= 4 is 11.6 Å². The Morgan fingerprint density at radius 3 is 2.57 bits per heavy atom. The molecule has 0 amide bonds. The van der Waals surface area contributed by atoms with Crippen LogP contribution in [0.5, 0.6) is 5.75 Å². The van der Waals surface area contributed by atoms with Gasteiger partial charge in [0.15, 0.2) is 0 Å². The summed E-state index contributed by atoms with van der Waals surface area (Å²) in [5, 5.41) is 4.11. The Kier molecular flexibility index (Phi) is 5.21. The summed E-state index contributed by atoms with van der Waals surface area (Å²) in [4.78, 5) is 4.45. The lowest BCUT2D eigenvalue weighted by Gasteiger charge is -2.22. The lowest BCUT2D eigenvalue weighted by atomic mass is 9.96. The Bertz CT molecular complexity index is 611. The zero-order valence-corrected chi connectivity index (χ0v) is 13.7. The predicted octanol–water partition coefficient (Wildman–Crippen LogP) is 4.06. The Balaban J connectivity index is 2.52. The lowest BCUT2D eigenvalue weighted by Crippen LogP contribution is -2.23. The number of methoxy groups -OCH3 is 1. The number of benzene rings is 1. The van der Waals surface area contributed by atoms with E-state index in [1.165, 1.54) is 5.56 Å². The third kappa shape index (κ3) is 3.36. The molecule has 21 heavy (non-hydrogen) atoms. The summed E-state index contributed by atoms with van der Waals surface area (Å²) >= 11 is 5.94. The lowest BCUT2D eigenvalue weighted by molar-refractivity contribution is 0.400. The van der Waals surface area contributed by atoms with Gasteiger partial charge in [-0.05, 0) is 43.7 Å². The van der Waals surface area contributed by atoms with Crippen LogP contribution >= 0.6 is 11.6 Å². The number of halogens is 1. The number of aryl methyl sites for hydroxylation is 1. The van der Waals surface area contributed by atoms with Crippen LogP contribution in [0.25, 0.3) is 0 Å². The molecule has 0 spiro atoms. The van der Waals surface area contributed by atoms with E-state index in [2.05, 4.69) is 43.2 Å². The van der Waals surface area contributed by atoms with Crippen molar-refractivity contribution in [2.75, 3.05) is 13.7 Å². The van der Waals surface area contributed by atoms with Crippen molar-refractivity contribution < 1.29 is 4.74 Å². The minimum absolute atomic E-state index is 0.0125. The zero-order chi connectivity index (χ0) is 15.4. The molecule has 0 radical (unpaired) electrons. The van der Waals surface area contributed by atoms with Crippen LogP contribution in [0.4, 0.5) is 0 Å². The average molecular weight is 305 g/mol. The smallest absolute Gasteiger partial charge is 0.127 e. The van der Waals surface area contributed by atoms with Gasteiger partial charge < -0.3 is 10.1 Å². The van der Waals surface area contributed by atoms with Gasteiger partial charge in [0.1, 0.15) is 5.75 Å². The fourth-order valence-electron chi connectivity index (χ4n) is 2.45. The highest BCUT2D eigenvalue weighted by molar-refractivity contribution is 6.30. The van der Waals surface area contributed by atoms with Crippen molar-refractivity contribution in [3.05, 3.63) is 57.9 Å². The highest BCUT2D eigenvalue weighted by atomic mass is 35.5. The fraction of sp³-hybridized carbons (Fsp3) is 0.353. The largest absolute Gasteiger partial charge is 0.496 e. The summed E-state index contributed by atoms with van der Waals surface area (Å²) in [6.45, 7) is 7.09. The standard InChI is InChI=1S/C17H21ClN2O/c1-5-19-16(15-9-7-13(18)10-20-15)14-8-6-11(2)12(3)17(14)21-4/h6-10,16,19H,5H2,1-4H3.